The van der Waals surface area contributed by atoms with E-state index in [2.05, 4.69) is 15.9 Å². The zero-order valence-corrected chi connectivity index (χ0v) is 8.19. The van der Waals surface area contributed by atoms with Crippen LogP contribution in [0.25, 0.3) is 0 Å². The first-order chi connectivity index (χ1) is 6.45. The maximum absolute atomic E-state index is 13.0. The summed E-state index contributed by atoms with van der Waals surface area (Å²) in [5, 5.41) is 8.49. The molecule has 0 aliphatic heterocycles. The summed E-state index contributed by atoms with van der Waals surface area (Å²) in [6, 6.07) is 1.55. The van der Waals surface area contributed by atoms with Gasteiger partial charge in [-0.1, -0.05) is 22.0 Å². The first-order valence-corrected chi connectivity index (χ1v) is 4.37. The maximum atomic E-state index is 13.0. The smallest absolute Gasteiger partial charge is 0.321 e. The van der Waals surface area contributed by atoms with Gasteiger partial charge in [-0.05, 0) is 6.07 Å². The van der Waals surface area contributed by atoms with E-state index in [4.69, 9.17) is 5.11 Å². The Balaban J connectivity index is 3.24. The summed E-state index contributed by atoms with van der Waals surface area (Å²) in [4.78, 5) is 9.03. The highest BCUT2D eigenvalue weighted by Crippen LogP contribution is 2.27. The zero-order valence-electron chi connectivity index (χ0n) is 6.60. The predicted octanol–water partition coefficient (Wildman–Crippen LogP) is 2.62. The molecular formula is C8H4BrF3O2. The molecule has 1 N–H and O–H groups in total. The largest absolute Gasteiger partial charge is 0.480 e. The molecule has 0 fully saturated rings. The first-order valence-electron chi connectivity index (χ1n) is 3.45. The lowest BCUT2D eigenvalue weighted by molar-refractivity contribution is -0.136. The molecule has 1 aromatic rings. The van der Waals surface area contributed by atoms with Crippen LogP contribution in [0.5, 0.6) is 0 Å². The summed E-state index contributed by atoms with van der Waals surface area (Å²) in [6.45, 7) is 0. The van der Waals surface area contributed by atoms with Gasteiger partial charge < -0.3 is 5.11 Å². The topological polar surface area (TPSA) is 37.3 Å². The van der Waals surface area contributed by atoms with Crippen LogP contribution in [0, 0.1) is 17.5 Å². The third-order valence-corrected chi connectivity index (χ3v) is 2.44. The van der Waals surface area contributed by atoms with Gasteiger partial charge in [0.15, 0.2) is 17.5 Å². The average molecular weight is 269 g/mol. The number of alkyl halides is 1. The molecule has 0 aliphatic carbocycles. The Kier molecular flexibility index (Phi) is 3.15. The lowest BCUT2D eigenvalue weighted by Crippen LogP contribution is -2.08. The molecule has 0 aliphatic rings. The second kappa shape index (κ2) is 4.00. The summed E-state index contributed by atoms with van der Waals surface area (Å²) in [7, 11) is 0. The minimum atomic E-state index is -1.67. The van der Waals surface area contributed by atoms with E-state index in [0.29, 0.717) is 6.07 Å². The third kappa shape index (κ3) is 1.89. The molecule has 14 heavy (non-hydrogen) atoms. The highest BCUT2D eigenvalue weighted by Gasteiger charge is 2.23. The lowest BCUT2D eigenvalue weighted by Gasteiger charge is -2.06. The van der Waals surface area contributed by atoms with Crippen LogP contribution >= 0.6 is 15.9 Å². The number of halogens is 4. The van der Waals surface area contributed by atoms with Crippen molar-refractivity contribution in [2.75, 3.05) is 0 Å². The Bertz CT molecular complexity index is 381. The number of hydrogen-bond acceptors (Lipinski definition) is 1. The summed E-state index contributed by atoms with van der Waals surface area (Å²) in [5.41, 5.74) is -0.448. The van der Waals surface area contributed by atoms with Crippen molar-refractivity contribution in [2.24, 2.45) is 0 Å². The maximum Gasteiger partial charge on any atom is 0.321 e. The van der Waals surface area contributed by atoms with Crippen molar-refractivity contribution in [3.8, 4) is 0 Å². The highest BCUT2D eigenvalue weighted by molar-refractivity contribution is 9.09. The van der Waals surface area contributed by atoms with Gasteiger partial charge in [-0.25, -0.2) is 13.2 Å². The van der Waals surface area contributed by atoms with Crippen molar-refractivity contribution in [2.45, 2.75) is 4.83 Å². The minimum Gasteiger partial charge on any atom is -0.480 e. The quantitative estimate of drug-likeness (QED) is 0.662. The molecular weight excluding hydrogens is 265 g/mol. The van der Waals surface area contributed by atoms with Gasteiger partial charge in [0.2, 0.25) is 0 Å². The molecule has 1 atom stereocenters. The van der Waals surface area contributed by atoms with Crippen LogP contribution in [-0.4, -0.2) is 11.1 Å². The SMILES string of the molecule is O=C(O)C(Br)c1ccc(F)c(F)c1F. The fourth-order valence-corrected chi connectivity index (χ4v) is 1.22. The predicted molar refractivity (Wildman–Crippen MR) is 45.6 cm³/mol. The molecule has 2 nitrogen and oxygen atoms in total. The summed E-state index contributed by atoms with van der Waals surface area (Å²) < 4.78 is 38.1. The van der Waals surface area contributed by atoms with Gasteiger partial charge >= 0.3 is 5.97 Å². The first kappa shape index (κ1) is 11.0. The lowest BCUT2D eigenvalue weighted by atomic mass is 10.1. The Morgan fingerprint density at radius 1 is 1.29 bits per heavy atom. The van der Waals surface area contributed by atoms with Crippen molar-refractivity contribution in [1.29, 1.82) is 0 Å². The van der Waals surface area contributed by atoms with Gasteiger partial charge in [0.05, 0.1) is 0 Å². The van der Waals surface area contributed by atoms with Gasteiger partial charge in [0.1, 0.15) is 4.83 Å². The number of hydrogen-bond donors (Lipinski definition) is 1. The molecule has 1 aromatic carbocycles. The van der Waals surface area contributed by atoms with Crippen LogP contribution in [0.3, 0.4) is 0 Å². The van der Waals surface area contributed by atoms with E-state index >= 15 is 0 Å². The number of benzene rings is 1. The van der Waals surface area contributed by atoms with E-state index in [9.17, 15) is 18.0 Å². The van der Waals surface area contributed by atoms with Crippen molar-refractivity contribution < 1.29 is 23.1 Å². The minimum absolute atomic E-state index is 0.448. The number of carboxylic acid groups (broad SMARTS) is 1. The molecule has 0 bridgehead atoms. The molecule has 0 heterocycles. The van der Waals surface area contributed by atoms with Crippen molar-refractivity contribution in [1.82, 2.24) is 0 Å². The van der Waals surface area contributed by atoms with E-state index in [1.165, 1.54) is 0 Å². The molecule has 0 spiro atoms. The Morgan fingerprint density at radius 3 is 2.36 bits per heavy atom. The molecule has 0 saturated carbocycles. The molecule has 0 amide bonds. The fourth-order valence-electron chi connectivity index (χ4n) is 0.870. The monoisotopic (exact) mass is 268 g/mol. The van der Waals surface area contributed by atoms with E-state index in [1.54, 1.807) is 0 Å². The summed E-state index contributed by atoms with van der Waals surface area (Å²) in [5.74, 6) is -5.89. The second-order valence-electron chi connectivity index (χ2n) is 2.47. The number of rotatable bonds is 2. The molecule has 1 rings (SSSR count). The Morgan fingerprint density at radius 2 is 1.86 bits per heavy atom. The third-order valence-electron chi connectivity index (χ3n) is 1.55. The standard InChI is InChI=1S/C8H4BrF3O2/c9-5(8(13)14)3-1-2-4(10)7(12)6(3)11/h1-2,5H,(H,13,14). The zero-order chi connectivity index (χ0) is 10.9. The van der Waals surface area contributed by atoms with Crippen molar-refractivity contribution in [3.63, 3.8) is 0 Å². The van der Waals surface area contributed by atoms with Crippen LogP contribution in [0.4, 0.5) is 13.2 Å². The van der Waals surface area contributed by atoms with Gasteiger partial charge in [-0.3, -0.25) is 4.79 Å². The van der Waals surface area contributed by atoms with Crippen LogP contribution in [0.15, 0.2) is 12.1 Å². The average Bonchev–Trinajstić information content (AvgIpc) is 2.13. The number of carbonyl (C=O) groups is 1. The number of aliphatic carboxylic acids is 1. The van der Waals surface area contributed by atoms with E-state index in [-0.39, 0.29) is 0 Å². The number of carboxylic acids is 1. The normalized spacial score (nSPS) is 12.6. The van der Waals surface area contributed by atoms with Crippen molar-refractivity contribution >= 4 is 21.9 Å². The molecule has 6 heteroatoms. The molecule has 0 saturated heterocycles. The van der Waals surface area contributed by atoms with Crippen LogP contribution in [-0.2, 0) is 4.79 Å². The second-order valence-corrected chi connectivity index (χ2v) is 3.38. The van der Waals surface area contributed by atoms with Gasteiger partial charge in [0, 0.05) is 5.56 Å². The Hall–Kier alpha value is -1.04. The molecule has 0 radical (unpaired) electrons. The van der Waals surface area contributed by atoms with Crippen LogP contribution in [0.2, 0.25) is 0 Å². The molecule has 0 aromatic heterocycles. The van der Waals surface area contributed by atoms with Gasteiger partial charge in [-0.2, -0.15) is 0 Å². The van der Waals surface area contributed by atoms with Gasteiger partial charge in [-0.15, -0.1) is 0 Å². The molecule has 1 unspecified atom stereocenters. The fraction of sp³-hybridized carbons (Fsp3) is 0.125. The highest BCUT2D eigenvalue weighted by atomic mass is 79.9. The van der Waals surface area contributed by atoms with Crippen LogP contribution < -0.4 is 0 Å². The summed E-state index contributed by atoms with van der Waals surface area (Å²) in [6.07, 6.45) is 0. The van der Waals surface area contributed by atoms with Gasteiger partial charge in [0.25, 0.3) is 0 Å². The van der Waals surface area contributed by atoms with E-state index in [0.717, 1.165) is 6.07 Å². The Labute approximate surface area is 85.5 Å². The van der Waals surface area contributed by atoms with Crippen LogP contribution in [0.1, 0.15) is 10.4 Å². The van der Waals surface area contributed by atoms with E-state index in [1.807, 2.05) is 0 Å². The van der Waals surface area contributed by atoms with Crippen molar-refractivity contribution in [3.05, 3.63) is 35.1 Å². The van der Waals surface area contributed by atoms with E-state index < -0.39 is 33.8 Å². The summed E-state index contributed by atoms with van der Waals surface area (Å²) >= 11 is 2.63. The molecule has 76 valence electrons.